The number of halogens is 3. The van der Waals surface area contributed by atoms with Crippen molar-refractivity contribution < 1.29 is 58.5 Å². The molecule has 2 unspecified atom stereocenters. The summed E-state index contributed by atoms with van der Waals surface area (Å²) in [7, 11) is 0. The van der Waals surface area contributed by atoms with Gasteiger partial charge in [0, 0.05) is 73.0 Å². The van der Waals surface area contributed by atoms with E-state index in [1.54, 1.807) is 21.9 Å². The van der Waals surface area contributed by atoms with Crippen molar-refractivity contribution in [1.29, 1.82) is 0 Å². The zero-order chi connectivity index (χ0) is 54.9. The summed E-state index contributed by atoms with van der Waals surface area (Å²) in [4.78, 5) is 53.1. The monoisotopic (exact) mass is 1180 g/mol. The van der Waals surface area contributed by atoms with Gasteiger partial charge in [0.15, 0.2) is 39.2 Å². The molecule has 4 aliphatic rings. The van der Waals surface area contributed by atoms with Crippen LogP contribution >= 0.6 is 22.6 Å². The molecule has 4 amide bonds. The molecule has 8 atom stereocenters. The van der Waals surface area contributed by atoms with Crippen molar-refractivity contribution in [1.82, 2.24) is 48.8 Å². The second-order valence-electron chi connectivity index (χ2n) is 18.6. The number of aliphatic hydroxyl groups is 6. The molecule has 77 heavy (non-hydrogen) atoms. The number of ether oxygens (including phenoxy) is 2. The van der Waals surface area contributed by atoms with Crippen LogP contribution in [0.3, 0.4) is 0 Å². The number of nitrogen functional groups attached to an aromatic ring is 2. The molecule has 0 spiro atoms. The Morgan fingerprint density at radius 3 is 1.52 bits per heavy atom. The SMILES string of the molecule is C#CCC1CCN(C(=O)Nc2ccc(F)cc2)CC1.Nc1nc(C#CCC2CCN(C(=O)Nc3ccc(F)cc3)CC2)nc2c1ncn2[C@@H]1O[C@H](CO)C(O)[C@@H]1O.Nc1nc(I)nc2c1ncn2[C@@H]1O[C@H](CO)C(O)[C@@H]1O. The number of urea groups is 2. The predicted molar refractivity (Wildman–Crippen MR) is 283 cm³/mol. The lowest BCUT2D eigenvalue weighted by atomic mass is 9.94. The summed E-state index contributed by atoms with van der Waals surface area (Å²) in [5.41, 5.74) is 14.4. The van der Waals surface area contributed by atoms with Gasteiger partial charge in [-0.05, 0) is 92.0 Å². The normalized spacial score (nSPS) is 23.5. The van der Waals surface area contributed by atoms with Gasteiger partial charge in [0.25, 0.3) is 0 Å². The molecule has 0 aliphatic carbocycles. The lowest BCUT2D eigenvalue weighted by Gasteiger charge is -2.31. The number of aliphatic hydroxyl groups excluding tert-OH is 6. The number of nitrogens with one attached hydrogen (secondary N) is 2. The molecule has 0 radical (unpaired) electrons. The number of carbonyl (C=O) groups excluding carboxylic acids is 2. The highest BCUT2D eigenvalue weighted by Gasteiger charge is 2.45. The molecule has 8 heterocycles. The topological polar surface area (TPSA) is 344 Å². The average molecular weight is 1180 g/mol. The number of fused-ring (bicyclic) bond motifs is 2. The molecular formula is C50H57F2IN14O10. The summed E-state index contributed by atoms with van der Waals surface area (Å²) in [5.74, 6) is 9.38. The van der Waals surface area contributed by atoms with Crippen molar-refractivity contribution in [3.8, 4) is 24.2 Å². The van der Waals surface area contributed by atoms with Crippen molar-refractivity contribution in [3.63, 3.8) is 0 Å². The number of nitrogens with two attached hydrogens (primary N) is 2. The summed E-state index contributed by atoms with van der Waals surface area (Å²) in [6, 6.07) is 11.0. The molecule has 6 aromatic rings. The standard InChI is InChI=1S/C25H28FN7O5.C15H17FN2O.C10H12IN5O4/c26-15-4-6-16(7-5-15)29-25(37)32-10-8-14(9-11-32)2-1-3-18-30-22(27)19-23(31-18)33(13-28-19)24-21(36)20(35)17(12-34)38-24;1-2-3-12-8-10-18(11-9-12)15(19)17-14-6-4-13(16)5-7-14;11-10-14-7(12)4-8(15-10)16(2-13-4)9-6(19)5(18)3(1-17)20-9/h4-7,13-14,17,20-21,24,34-36H,2,8-12H2,(H,29,37)(H2,27,30,31);1,4-7,12H,3,8-11H2,(H,17,19);2-3,5-6,9,17-19H,1H2,(H2,12,14,15)/t17-,20?,21+,24-;;3-,5?,6+,9-/m1.1/s1. The van der Waals surface area contributed by atoms with Crippen molar-refractivity contribution in [2.24, 2.45) is 11.8 Å². The Hall–Kier alpha value is -6.93. The molecule has 27 heteroatoms. The Bertz CT molecular complexity index is 3100. The van der Waals surface area contributed by atoms with Gasteiger partial charge in [-0.1, -0.05) is 5.92 Å². The largest absolute Gasteiger partial charge is 0.394 e. The lowest BCUT2D eigenvalue weighted by molar-refractivity contribution is -0.0511. The van der Waals surface area contributed by atoms with E-state index >= 15 is 0 Å². The van der Waals surface area contributed by atoms with Gasteiger partial charge in [0.2, 0.25) is 5.82 Å². The summed E-state index contributed by atoms with van der Waals surface area (Å²) in [5, 5.41) is 64.3. The van der Waals surface area contributed by atoms with Gasteiger partial charge in [-0.3, -0.25) is 9.13 Å². The van der Waals surface area contributed by atoms with E-state index in [0.29, 0.717) is 63.2 Å². The highest BCUT2D eigenvalue weighted by Crippen LogP contribution is 2.34. The van der Waals surface area contributed by atoms with Gasteiger partial charge in [-0.15, -0.1) is 12.3 Å². The number of hydrogen-bond donors (Lipinski definition) is 10. The molecule has 24 nitrogen and oxygen atoms in total. The van der Waals surface area contributed by atoms with Crippen molar-refractivity contribution in [2.45, 2.75) is 87.6 Å². The van der Waals surface area contributed by atoms with Crippen molar-refractivity contribution in [2.75, 3.05) is 61.5 Å². The number of terminal acetylenes is 1. The number of amides is 4. The number of hydrogen-bond acceptors (Lipinski definition) is 18. The molecular weight excluding hydrogens is 1120 g/mol. The lowest BCUT2D eigenvalue weighted by Crippen LogP contribution is -2.41. The molecule has 4 saturated heterocycles. The van der Waals surface area contributed by atoms with Crippen LogP contribution in [-0.2, 0) is 9.47 Å². The van der Waals surface area contributed by atoms with Crippen LogP contribution in [0.25, 0.3) is 22.3 Å². The summed E-state index contributed by atoms with van der Waals surface area (Å²) in [6.07, 6.45) is 4.29. The molecule has 4 fully saturated rings. The fourth-order valence-corrected chi connectivity index (χ4v) is 9.58. The Labute approximate surface area is 453 Å². The van der Waals surface area contributed by atoms with E-state index in [1.807, 2.05) is 22.6 Å². The summed E-state index contributed by atoms with van der Waals surface area (Å²) in [6.45, 7) is 1.76. The van der Waals surface area contributed by atoms with Crippen LogP contribution < -0.4 is 22.1 Å². The third kappa shape index (κ3) is 13.4. The Morgan fingerprint density at radius 2 is 1.09 bits per heavy atom. The van der Waals surface area contributed by atoms with Gasteiger partial charge < -0.3 is 72.0 Å². The van der Waals surface area contributed by atoms with E-state index in [-0.39, 0.29) is 46.8 Å². The number of anilines is 4. The van der Waals surface area contributed by atoms with Crippen LogP contribution in [0.1, 0.15) is 56.8 Å². The van der Waals surface area contributed by atoms with Crippen LogP contribution in [0.5, 0.6) is 0 Å². The van der Waals surface area contributed by atoms with Gasteiger partial charge in [-0.25, -0.2) is 48.3 Å². The van der Waals surface area contributed by atoms with Crippen LogP contribution in [0.4, 0.5) is 41.4 Å². The number of nitrogens with zero attached hydrogens (tertiary/aromatic N) is 10. The van der Waals surface area contributed by atoms with Crippen molar-refractivity contribution in [3.05, 3.63) is 82.5 Å². The van der Waals surface area contributed by atoms with Crippen molar-refractivity contribution >= 4 is 80.0 Å². The highest BCUT2D eigenvalue weighted by molar-refractivity contribution is 14.1. The first kappa shape index (κ1) is 56.3. The molecule has 2 aromatic carbocycles. The Balaban J connectivity index is 0.000000169. The molecule has 10 rings (SSSR count). The molecule has 0 bridgehead atoms. The quantitative estimate of drug-likeness (QED) is 0.0595. The van der Waals surface area contributed by atoms with E-state index < -0.39 is 62.3 Å². The third-order valence-electron chi connectivity index (χ3n) is 13.4. The molecule has 4 aliphatic heterocycles. The summed E-state index contributed by atoms with van der Waals surface area (Å²) < 4.78 is 40.2. The summed E-state index contributed by atoms with van der Waals surface area (Å²) >= 11 is 1.92. The van der Waals surface area contributed by atoms with Crippen LogP contribution in [0, 0.1) is 51.5 Å². The molecule has 0 saturated carbocycles. The van der Waals surface area contributed by atoms with Gasteiger partial charge >= 0.3 is 12.1 Å². The number of carbonyl (C=O) groups is 2. The van der Waals surface area contributed by atoms with E-state index in [4.69, 9.17) is 32.5 Å². The number of likely N-dealkylation sites (tertiary alicyclic amines) is 2. The number of aromatic nitrogens is 8. The van der Waals surface area contributed by atoms with Gasteiger partial charge in [-0.2, -0.15) is 0 Å². The predicted octanol–water partition coefficient (Wildman–Crippen LogP) is 2.56. The maximum atomic E-state index is 13.1. The maximum absolute atomic E-state index is 13.1. The third-order valence-corrected chi connectivity index (χ3v) is 13.9. The Morgan fingerprint density at radius 1 is 0.662 bits per heavy atom. The minimum Gasteiger partial charge on any atom is -0.394 e. The van der Waals surface area contributed by atoms with E-state index in [2.05, 4.69) is 58.3 Å². The molecule has 408 valence electrons. The van der Waals surface area contributed by atoms with Crippen LogP contribution in [0.2, 0.25) is 0 Å². The molecule has 4 aromatic heterocycles. The number of imidazole rings is 2. The van der Waals surface area contributed by atoms with Crippen LogP contribution in [0.15, 0.2) is 61.2 Å². The van der Waals surface area contributed by atoms with Gasteiger partial charge in [0.1, 0.15) is 59.3 Å². The minimum absolute atomic E-state index is 0.116. The first-order chi connectivity index (χ1) is 37.0. The van der Waals surface area contributed by atoms with Crippen LogP contribution in [-0.4, -0.2) is 168 Å². The highest BCUT2D eigenvalue weighted by atomic mass is 127. The van der Waals surface area contributed by atoms with E-state index in [9.17, 15) is 43.9 Å². The Kier molecular flexibility index (Phi) is 18.6. The second kappa shape index (κ2) is 25.5. The second-order valence-corrected chi connectivity index (χ2v) is 19.5. The smallest absolute Gasteiger partial charge is 0.321 e. The zero-order valence-electron chi connectivity index (χ0n) is 41.2. The fraction of sp³-hybridized carbons (Fsp3) is 0.440. The number of rotatable bonds is 8. The van der Waals surface area contributed by atoms with E-state index in [1.165, 1.54) is 58.2 Å². The first-order valence-corrected chi connectivity index (χ1v) is 25.6. The fourth-order valence-electron chi connectivity index (χ4n) is 9.09. The maximum Gasteiger partial charge on any atom is 0.321 e. The average Bonchev–Trinajstić information content (AvgIpc) is 4.28. The zero-order valence-corrected chi connectivity index (χ0v) is 43.3. The minimum atomic E-state index is -1.29. The molecule has 12 N–H and O–H groups in total. The number of piperidine rings is 2. The van der Waals surface area contributed by atoms with Gasteiger partial charge in [0.05, 0.1) is 25.9 Å². The first-order valence-electron chi connectivity index (χ1n) is 24.5. The number of benzene rings is 2. The van der Waals surface area contributed by atoms with E-state index in [0.717, 1.165) is 45.2 Å².